The van der Waals surface area contributed by atoms with E-state index in [1.807, 2.05) is 0 Å². The maximum Gasteiger partial charge on any atom is 0.431 e. The summed E-state index contributed by atoms with van der Waals surface area (Å²) < 4.78 is 44.1. The van der Waals surface area contributed by atoms with E-state index in [1.165, 1.54) is 6.92 Å². The van der Waals surface area contributed by atoms with Crippen molar-refractivity contribution in [1.29, 1.82) is 0 Å². The lowest BCUT2D eigenvalue weighted by atomic mass is 9.97. The standard InChI is InChI=1S/C16H20F3N5O2/c1-2-12(16(17,18)19)21-15-23-13(9-4-3-5-11(25)6-9)22-14(24-15)20-10-7-26-8-10/h2,6,10-11,25H,3-5,7-8H2,1H3,(H2,20,21,22,23,24). The zero-order chi connectivity index (χ0) is 18.7. The molecule has 1 aromatic rings. The minimum atomic E-state index is -4.54. The van der Waals surface area contributed by atoms with Gasteiger partial charge in [0.25, 0.3) is 0 Å². The smallest absolute Gasteiger partial charge is 0.389 e. The molecular weight excluding hydrogens is 351 g/mol. The molecular formula is C16H20F3N5O2. The Morgan fingerprint density at radius 2 is 2.00 bits per heavy atom. The van der Waals surface area contributed by atoms with Gasteiger partial charge in [-0.05, 0) is 37.8 Å². The summed E-state index contributed by atoms with van der Waals surface area (Å²) in [5.41, 5.74) is -0.263. The van der Waals surface area contributed by atoms with Crippen LogP contribution < -0.4 is 10.6 Å². The first-order valence-electron chi connectivity index (χ1n) is 8.35. The van der Waals surface area contributed by atoms with Gasteiger partial charge in [0.05, 0.1) is 25.4 Å². The molecule has 1 atom stereocenters. The molecule has 1 aliphatic carbocycles. The number of ether oxygens (including phenoxy) is 1. The minimum absolute atomic E-state index is 0.00725. The van der Waals surface area contributed by atoms with E-state index in [4.69, 9.17) is 4.74 Å². The number of nitrogens with zero attached hydrogens (tertiary/aromatic N) is 3. The maximum absolute atomic E-state index is 13.0. The third-order valence-corrected chi connectivity index (χ3v) is 4.07. The van der Waals surface area contributed by atoms with E-state index in [0.717, 1.165) is 12.5 Å². The minimum Gasteiger partial charge on any atom is -0.389 e. The van der Waals surface area contributed by atoms with Crippen LogP contribution in [0.5, 0.6) is 0 Å². The highest BCUT2D eigenvalue weighted by Gasteiger charge is 2.34. The Balaban J connectivity index is 1.92. The molecule has 1 aliphatic heterocycles. The number of anilines is 2. The zero-order valence-electron chi connectivity index (χ0n) is 14.2. The van der Waals surface area contributed by atoms with Gasteiger partial charge in [0.15, 0.2) is 5.82 Å². The van der Waals surface area contributed by atoms with Crippen LogP contribution in [-0.4, -0.2) is 51.6 Å². The lowest BCUT2D eigenvalue weighted by molar-refractivity contribution is -0.0904. The Bertz CT molecular complexity index is 716. The molecule has 0 bridgehead atoms. The van der Waals surface area contributed by atoms with Crippen molar-refractivity contribution in [2.24, 2.45) is 0 Å². The predicted octanol–water partition coefficient (Wildman–Crippen LogP) is 2.49. The number of nitrogens with one attached hydrogen (secondary N) is 2. The topological polar surface area (TPSA) is 92.2 Å². The molecule has 0 radical (unpaired) electrons. The van der Waals surface area contributed by atoms with Crippen molar-refractivity contribution < 1.29 is 23.0 Å². The van der Waals surface area contributed by atoms with Crippen LogP contribution >= 0.6 is 0 Å². The number of allylic oxidation sites excluding steroid dienone is 3. The van der Waals surface area contributed by atoms with Gasteiger partial charge in [-0.3, -0.25) is 0 Å². The molecule has 3 rings (SSSR count). The highest BCUT2D eigenvalue weighted by Crippen LogP contribution is 2.28. The van der Waals surface area contributed by atoms with E-state index in [2.05, 4.69) is 25.6 Å². The van der Waals surface area contributed by atoms with Gasteiger partial charge in [-0.2, -0.15) is 28.1 Å². The molecule has 0 aromatic carbocycles. The summed E-state index contributed by atoms with van der Waals surface area (Å²) in [6, 6.07) is 0.00725. The van der Waals surface area contributed by atoms with Crippen molar-refractivity contribution in [3.8, 4) is 0 Å². The number of aliphatic hydroxyl groups excluding tert-OH is 1. The number of halogens is 3. The molecule has 1 saturated heterocycles. The number of aromatic nitrogens is 3. The second-order valence-corrected chi connectivity index (χ2v) is 6.16. The van der Waals surface area contributed by atoms with E-state index >= 15 is 0 Å². The monoisotopic (exact) mass is 371 g/mol. The van der Waals surface area contributed by atoms with E-state index in [1.54, 1.807) is 6.08 Å². The van der Waals surface area contributed by atoms with Crippen LogP contribution in [-0.2, 0) is 4.74 Å². The fourth-order valence-corrected chi connectivity index (χ4v) is 2.66. The fraction of sp³-hybridized carbons (Fsp3) is 0.562. The Labute approximate surface area is 148 Å². The normalized spacial score (nSPS) is 21.8. The van der Waals surface area contributed by atoms with Crippen molar-refractivity contribution in [2.75, 3.05) is 23.8 Å². The fourth-order valence-electron chi connectivity index (χ4n) is 2.66. The Kier molecular flexibility index (Phi) is 5.42. The highest BCUT2D eigenvalue weighted by molar-refractivity contribution is 5.63. The first kappa shape index (κ1) is 18.6. The molecule has 2 aliphatic rings. The van der Waals surface area contributed by atoms with E-state index in [-0.39, 0.29) is 23.8 Å². The van der Waals surface area contributed by atoms with Crippen LogP contribution in [0.15, 0.2) is 17.8 Å². The molecule has 1 aromatic heterocycles. The summed E-state index contributed by atoms with van der Waals surface area (Å²) >= 11 is 0. The molecule has 0 amide bonds. The van der Waals surface area contributed by atoms with Gasteiger partial charge in [0, 0.05) is 0 Å². The van der Waals surface area contributed by atoms with Crippen molar-refractivity contribution in [3.05, 3.63) is 23.7 Å². The summed E-state index contributed by atoms with van der Waals surface area (Å²) in [7, 11) is 0. The molecule has 0 saturated carbocycles. The van der Waals surface area contributed by atoms with Crippen LogP contribution in [0.4, 0.5) is 25.1 Å². The lowest BCUT2D eigenvalue weighted by Crippen LogP contribution is -2.40. The molecule has 142 valence electrons. The van der Waals surface area contributed by atoms with Crippen LogP contribution in [0.3, 0.4) is 0 Å². The second-order valence-electron chi connectivity index (χ2n) is 6.16. The van der Waals surface area contributed by atoms with Gasteiger partial charge in [0.1, 0.15) is 5.70 Å². The molecule has 0 spiro atoms. The quantitative estimate of drug-likeness (QED) is 0.732. The average molecular weight is 371 g/mol. The first-order valence-corrected chi connectivity index (χ1v) is 8.35. The summed E-state index contributed by atoms with van der Waals surface area (Å²) in [6.07, 6.45) is -0.562. The van der Waals surface area contributed by atoms with E-state index < -0.39 is 18.0 Å². The summed E-state index contributed by atoms with van der Waals surface area (Å²) in [5, 5.41) is 15.1. The van der Waals surface area contributed by atoms with Crippen molar-refractivity contribution >= 4 is 17.5 Å². The van der Waals surface area contributed by atoms with E-state index in [0.29, 0.717) is 31.6 Å². The third-order valence-electron chi connectivity index (χ3n) is 4.07. The molecule has 3 N–H and O–H groups in total. The number of alkyl halides is 3. The van der Waals surface area contributed by atoms with Crippen molar-refractivity contribution in [3.63, 3.8) is 0 Å². The Morgan fingerprint density at radius 1 is 1.27 bits per heavy atom. The molecule has 26 heavy (non-hydrogen) atoms. The van der Waals surface area contributed by atoms with Gasteiger partial charge >= 0.3 is 6.18 Å². The number of hydrogen-bond donors (Lipinski definition) is 3. The molecule has 1 fully saturated rings. The number of aliphatic hydroxyl groups is 1. The lowest BCUT2D eigenvalue weighted by Gasteiger charge is -2.27. The summed E-state index contributed by atoms with van der Waals surface area (Å²) in [6.45, 7) is 2.24. The maximum atomic E-state index is 13.0. The molecule has 2 heterocycles. The van der Waals surface area contributed by atoms with Crippen LogP contribution in [0.1, 0.15) is 32.0 Å². The summed E-state index contributed by atoms with van der Waals surface area (Å²) in [5.74, 6) is 0.218. The van der Waals surface area contributed by atoms with Gasteiger partial charge < -0.3 is 20.5 Å². The number of rotatable bonds is 5. The largest absolute Gasteiger partial charge is 0.431 e. The van der Waals surface area contributed by atoms with Gasteiger partial charge in [-0.1, -0.05) is 6.08 Å². The zero-order valence-corrected chi connectivity index (χ0v) is 14.2. The van der Waals surface area contributed by atoms with Gasteiger partial charge in [-0.15, -0.1) is 0 Å². The van der Waals surface area contributed by atoms with Crippen molar-refractivity contribution in [2.45, 2.75) is 44.5 Å². The third kappa shape index (κ3) is 4.50. The Hall–Kier alpha value is -2.20. The van der Waals surface area contributed by atoms with E-state index in [9.17, 15) is 18.3 Å². The summed E-state index contributed by atoms with van der Waals surface area (Å²) in [4.78, 5) is 12.5. The molecule has 1 unspecified atom stereocenters. The highest BCUT2D eigenvalue weighted by atomic mass is 19.4. The van der Waals surface area contributed by atoms with Gasteiger partial charge in [0.2, 0.25) is 11.9 Å². The number of hydrogen-bond acceptors (Lipinski definition) is 7. The van der Waals surface area contributed by atoms with Crippen LogP contribution in [0.25, 0.3) is 5.57 Å². The second kappa shape index (κ2) is 7.58. The molecule has 7 nitrogen and oxygen atoms in total. The van der Waals surface area contributed by atoms with Gasteiger partial charge in [-0.25, -0.2) is 0 Å². The van der Waals surface area contributed by atoms with Crippen molar-refractivity contribution in [1.82, 2.24) is 15.0 Å². The SMILES string of the molecule is CC=C(Nc1nc(NC2COC2)nc(C2=CC(O)CCC2)n1)C(F)(F)F. The Morgan fingerprint density at radius 3 is 2.58 bits per heavy atom. The first-order chi connectivity index (χ1) is 12.3. The average Bonchev–Trinajstić information content (AvgIpc) is 2.55. The molecule has 10 heteroatoms. The van der Waals surface area contributed by atoms with Crippen LogP contribution in [0.2, 0.25) is 0 Å². The van der Waals surface area contributed by atoms with Crippen LogP contribution in [0, 0.1) is 0 Å². The predicted molar refractivity (Wildman–Crippen MR) is 89.3 cm³/mol.